The molecule has 0 aliphatic rings. The van der Waals surface area contributed by atoms with Gasteiger partial charge in [0.25, 0.3) is 5.56 Å². The van der Waals surface area contributed by atoms with E-state index in [-0.39, 0.29) is 27.9 Å². The molecule has 7 nitrogen and oxygen atoms in total. The van der Waals surface area contributed by atoms with E-state index in [1.54, 1.807) is 37.6 Å². The number of hydrogen-bond acceptors (Lipinski definition) is 6. The average molecular weight is 416 g/mol. The van der Waals surface area contributed by atoms with Gasteiger partial charge in [0.2, 0.25) is 0 Å². The maximum Gasteiger partial charge on any atom is 0.270 e. The number of H-pyrrole nitrogens is 2. The summed E-state index contributed by atoms with van der Waals surface area (Å²) in [7, 11) is 1.56. The molecule has 0 fully saturated rings. The van der Waals surface area contributed by atoms with E-state index < -0.39 is 5.56 Å². The lowest BCUT2D eigenvalue weighted by molar-refractivity contribution is 0.102. The molecule has 30 heavy (non-hydrogen) atoms. The van der Waals surface area contributed by atoms with Crippen molar-refractivity contribution in [2.75, 3.05) is 12.9 Å². The fourth-order valence-corrected chi connectivity index (χ4v) is 3.84. The number of rotatable bonds is 6. The standard InChI is InChI=1S/C22H16N4O3S/c1-29-14-8-6-13(7-9-14)20-16(10-23)21(28)26-22(25-20)30-12-19(27)17-11-24-18-5-3-2-4-15(17)18/h2-9,11,24H,12H2,1H3,(H,25,26,28). The van der Waals surface area contributed by atoms with Gasteiger partial charge in [0.1, 0.15) is 17.4 Å². The molecule has 0 unspecified atom stereocenters. The number of fused-ring (bicyclic) bond motifs is 1. The summed E-state index contributed by atoms with van der Waals surface area (Å²) in [5.41, 5.74) is 1.74. The molecule has 0 saturated carbocycles. The summed E-state index contributed by atoms with van der Waals surface area (Å²) in [5.74, 6) is 0.662. The van der Waals surface area contributed by atoms with Gasteiger partial charge in [0, 0.05) is 28.2 Å². The molecule has 2 aromatic carbocycles. The number of Topliss-reactive ketones (excluding diaryl/α,β-unsaturated/α-hetero) is 1. The maximum absolute atomic E-state index is 12.7. The van der Waals surface area contributed by atoms with Gasteiger partial charge in [-0.1, -0.05) is 30.0 Å². The topological polar surface area (TPSA) is 112 Å². The zero-order valence-electron chi connectivity index (χ0n) is 15.9. The second-order valence-electron chi connectivity index (χ2n) is 6.39. The van der Waals surface area contributed by atoms with Gasteiger partial charge < -0.3 is 14.7 Å². The lowest BCUT2D eigenvalue weighted by atomic mass is 10.1. The third-order valence-electron chi connectivity index (χ3n) is 4.60. The molecule has 0 spiro atoms. The van der Waals surface area contributed by atoms with E-state index in [0.717, 1.165) is 22.7 Å². The number of nitrogens with one attached hydrogen (secondary N) is 2. The number of aromatic nitrogens is 3. The van der Waals surface area contributed by atoms with Crippen molar-refractivity contribution in [2.24, 2.45) is 0 Å². The zero-order chi connectivity index (χ0) is 21.1. The van der Waals surface area contributed by atoms with Crippen LogP contribution in [0.4, 0.5) is 0 Å². The minimum absolute atomic E-state index is 0.0764. The van der Waals surface area contributed by atoms with E-state index in [0.29, 0.717) is 16.9 Å². The Bertz CT molecular complexity index is 1330. The Labute approximate surface area is 175 Å². The molecule has 0 amide bonds. The van der Waals surface area contributed by atoms with E-state index in [1.807, 2.05) is 30.3 Å². The largest absolute Gasteiger partial charge is 0.497 e. The second kappa shape index (κ2) is 8.27. The van der Waals surface area contributed by atoms with Crippen LogP contribution in [-0.4, -0.2) is 33.6 Å². The van der Waals surface area contributed by atoms with Crippen molar-refractivity contribution in [2.45, 2.75) is 5.16 Å². The van der Waals surface area contributed by atoms with E-state index >= 15 is 0 Å². The SMILES string of the molecule is COc1ccc(-c2nc(SCC(=O)c3c[nH]c4ccccc34)[nH]c(=O)c2C#N)cc1. The Morgan fingerprint density at radius 2 is 1.97 bits per heavy atom. The third-order valence-corrected chi connectivity index (χ3v) is 5.48. The Morgan fingerprint density at radius 1 is 1.20 bits per heavy atom. The van der Waals surface area contributed by atoms with Crippen LogP contribution < -0.4 is 10.3 Å². The first kappa shape index (κ1) is 19.5. The number of ketones is 1. The highest BCUT2D eigenvalue weighted by molar-refractivity contribution is 7.99. The van der Waals surface area contributed by atoms with Crippen molar-refractivity contribution in [3.05, 3.63) is 76.2 Å². The fourth-order valence-electron chi connectivity index (χ4n) is 3.10. The molecule has 0 aliphatic heterocycles. The van der Waals surface area contributed by atoms with Crippen LogP contribution in [-0.2, 0) is 0 Å². The van der Waals surface area contributed by atoms with Crippen LogP contribution in [0.15, 0.2) is 64.7 Å². The van der Waals surface area contributed by atoms with Gasteiger partial charge in [-0.2, -0.15) is 5.26 Å². The fraction of sp³-hybridized carbons (Fsp3) is 0.0909. The molecule has 0 aliphatic carbocycles. The van der Waals surface area contributed by atoms with Crippen molar-refractivity contribution < 1.29 is 9.53 Å². The molecular formula is C22H16N4O3S. The van der Waals surface area contributed by atoms with E-state index in [4.69, 9.17) is 4.74 Å². The highest BCUT2D eigenvalue weighted by Crippen LogP contribution is 2.25. The number of hydrogen-bond donors (Lipinski definition) is 2. The van der Waals surface area contributed by atoms with Gasteiger partial charge in [-0.15, -0.1) is 0 Å². The van der Waals surface area contributed by atoms with E-state index in [1.165, 1.54) is 0 Å². The summed E-state index contributed by atoms with van der Waals surface area (Å²) >= 11 is 1.12. The summed E-state index contributed by atoms with van der Waals surface area (Å²) in [5, 5.41) is 10.5. The Morgan fingerprint density at radius 3 is 2.70 bits per heavy atom. The third kappa shape index (κ3) is 3.71. The molecule has 8 heteroatoms. The molecule has 0 atom stereocenters. The zero-order valence-corrected chi connectivity index (χ0v) is 16.7. The highest BCUT2D eigenvalue weighted by Gasteiger charge is 2.16. The minimum Gasteiger partial charge on any atom is -0.497 e. The van der Waals surface area contributed by atoms with E-state index in [9.17, 15) is 14.9 Å². The molecule has 0 bridgehead atoms. The van der Waals surface area contributed by atoms with Crippen LogP contribution in [0.1, 0.15) is 15.9 Å². The van der Waals surface area contributed by atoms with Gasteiger partial charge in [-0.25, -0.2) is 4.98 Å². The number of nitrogens with zero attached hydrogens (tertiary/aromatic N) is 2. The molecule has 2 aromatic heterocycles. The number of carbonyl (C=O) groups excluding carboxylic acids is 1. The number of thioether (sulfide) groups is 1. The van der Waals surface area contributed by atoms with Crippen molar-refractivity contribution in [1.29, 1.82) is 5.26 Å². The summed E-state index contributed by atoms with van der Waals surface area (Å²) in [4.78, 5) is 35.2. The Kier molecular flexibility index (Phi) is 5.37. The van der Waals surface area contributed by atoms with Crippen LogP contribution in [0.2, 0.25) is 0 Å². The number of nitriles is 1. The van der Waals surface area contributed by atoms with Crippen molar-refractivity contribution >= 4 is 28.4 Å². The van der Waals surface area contributed by atoms with Crippen LogP contribution >= 0.6 is 11.8 Å². The van der Waals surface area contributed by atoms with Gasteiger partial charge in [0.15, 0.2) is 10.9 Å². The molecule has 2 N–H and O–H groups in total. The van der Waals surface area contributed by atoms with Crippen LogP contribution in [0.3, 0.4) is 0 Å². The molecular weight excluding hydrogens is 400 g/mol. The van der Waals surface area contributed by atoms with E-state index in [2.05, 4.69) is 15.0 Å². The number of methoxy groups -OCH3 is 1. The monoisotopic (exact) mass is 416 g/mol. The number of aromatic amines is 2. The molecule has 148 valence electrons. The average Bonchev–Trinajstić information content (AvgIpc) is 3.21. The number of carbonyl (C=O) groups is 1. The lowest BCUT2D eigenvalue weighted by Gasteiger charge is -2.07. The minimum atomic E-state index is -0.541. The van der Waals surface area contributed by atoms with Gasteiger partial charge in [0.05, 0.1) is 18.6 Å². The first-order chi connectivity index (χ1) is 14.6. The second-order valence-corrected chi connectivity index (χ2v) is 7.36. The smallest absolute Gasteiger partial charge is 0.270 e. The van der Waals surface area contributed by atoms with Crippen molar-refractivity contribution in [1.82, 2.24) is 15.0 Å². The van der Waals surface area contributed by atoms with Gasteiger partial charge >= 0.3 is 0 Å². The summed E-state index contributed by atoms with van der Waals surface area (Å²) in [6, 6.07) is 16.4. The Balaban J connectivity index is 1.61. The quantitative estimate of drug-likeness (QED) is 0.281. The summed E-state index contributed by atoms with van der Waals surface area (Å²) in [6.45, 7) is 0. The summed E-state index contributed by atoms with van der Waals surface area (Å²) in [6.07, 6.45) is 1.69. The van der Waals surface area contributed by atoms with Crippen LogP contribution in [0, 0.1) is 11.3 Å². The lowest BCUT2D eigenvalue weighted by Crippen LogP contribution is -2.15. The molecule has 0 saturated heterocycles. The normalized spacial score (nSPS) is 10.7. The molecule has 0 radical (unpaired) electrons. The van der Waals surface area contributed by atoms with Crippen LogP contribution in [0.5, 0.6) is 5.75 Å². The van der Waals surface area contributed by atoms with Crippen LogP contribution in [0.25, 0.3) is 22.2 Å². The molecule has 2 heterocycles. The van der Waals surface area contributed by atoms with Crippen molar-refractivity contribution in [3.8, 4) is 23.1 Å². The Hall–Kier alpha value is -3.83. The molecule has 4 rings (SSSR count). The number of para-hydroxylation sites is 1. The predicted octanol–water partition coefficient (Wildman–Crippen LogP) is 3.77. The highest BCUT2D eigenvalue weighted by atomic mass is 32.2. The molecule has 4 aromatic rings. The van der Waals surface area contributed by atoms with Gasteiger partial charge in [-0.3, -0.25) is 9.59 Å². The summed E-state index contributed by atoms with van der Waals surface area (Å²) < 4.78 is 5.14. The number of ether oxygens (including phenoxy) is 1. The van der Waals surface area contributed by atoms with Crippen molar-refractivity contribution in [3.63, 3.8) is 0 Å². The predicted molar refractivity (Wildman–Crippen MR) is 115 cm³/mol. The number of benzene rings is 2. The first-order valence-electron chi connectivity index (χ1n) is 9.01. The first-order valence-corrected chi connectivity index (χ1v) is 10.00. The van der Waals surface area contributed by atoms with Gasteiger partial charge in [-0.05, 0) is 30.3 Å². The maximum atomic E-state index is 12.7.